The first kappa shape index (κ1) is 37.1. The molecule has 0 aromatic carbocycles. The van der Waals surface area contributed by atoms with Crippen molar-refractivity contribution < 1.29 is 0 Å². The first-order valence-corrected chi connectivity index (χ1v) is 19.1. The molecule has 0 aromatic heterocycles. The molecule has 0 aliphatic rings. The summed E-state index contributed by atoms with van der Waals surface area (Å²) in [5.41, 5.74) is 0. The van der Waals surface area contributed by atoms with E-state index in [9.17, 15) is 0 Å². The van der Waals surface area contributed by atoms with Gasteiger partial charge in [0.05, 0.1) is 0 Å². The van der Waals surface area contributed by atoms with Gasteiger partial charge in [-0.3, -0.25) is 0 Å². The molecule has 0 unspecified atom stereocenters. The molecule has 0 amide bonds. The second-order valence-electron chi connectivity index (χ2n) is 11.6. The fourth-order valence-electron chi connectivity index (χ4n) is 5.87. The van der Waals surface area contributed by atoms with E-state index < -0.39 is 7.26 Å². The molecule has 0 saturated carbocycles. The van der Waals surface area contributed by atoms with Gasteiger partial charge in [-0.25, -0.2) is 0 Å². The van der Waals surface area contributed by atoms with Crippen LogP contribution in [0.5, 0.6) is 0 Å². The Kier molecular flexibility index (Phi) is 32.9. The summed E-state index contributed by atoms with van der Waals surface area (Å²) in [5, 5.41) is 0. The van der Waals surface area contributed by atoms with Gasteiger partial charge in [-0.1, -0.05) is 13.3 Å². The third-order valence-electron chi connectivity index (χ3n) is 8.24. The predicted molar refractivity (Wildman–Crippen MR) is 172 cm³/mol. The van der Waals surface area contributed by atoms with Crippen LogP contribution < -0.4 is 0 Å². The van der Waals surface area contributed by atoms with Crippen LogP contribution in [-0.2, 0) is 0 Å². The molecule has 0 aliphatic heterocycles. The molecule has 210 valence electrons. The molecule has 0 spiro atoms. The van der Waals surface area contributed by atoms with Crippen LogP contribution >= 0.6 is 24.2 Å². The van der Waals surface area contributed by atoms with Gasteiger partial charge in [-0.05, 0) is 0 Å². The molecule has 0 atom stereocenters. The van der Waals surface area contributed by atoms with Crippen molar-refractivity contribution in [1.82, 2.24) is 0 Å². The van der Waals surface area contributed by atoms with Gasteiger partial charge >= 0.3 is 200 Å². The molecule has 34 heavy (non-hydrogen) atoms. The number of rotatable bonds is 28. The van der Waals surface area contributed by atoms with E-state index in [0.717, 1.165) is 0 Å². The van der Waals surface area contributed by atoms with Crippen molar-refractivity contribution >= 4 is 24.2 Å². The van der Waals surface area contributed by atoms with Crippen molar-refractivity contribution in [2.45, 2.75) is 182 Å². The van der Waals surface area contributed by atoms with E-state index in [4.69, 9.17) is 0 Å². The van der Waals surface area contributed by atoms with Crippen molar-refractivity contribution in [3.8, 4) is 0 Å². The Morgan fingerprint density at radius 2 is 0.441 bits per heavy atom. The number of hydrogen-bond acceptors (Lipinski definition) is 0. The van der Waals surface area contributed by atoms with E-state index in [1.165, 1.54) is 128 Å². The summed E-state index contributed by atoms with van der Waals surface area (Å²) in [4.78, 5) is 0. The Hall–Kier alpha value is 0.910. The third-order valence-corrected chi connectivity index (χ3v) is 13.9. The summed E-state index contributed by atoms with van der Waals surface area (Å²) >= 11 is 0. The molecular weight excluding hydrogens is 495 g/mol. The quantitative estimate of drug-likeness (QED) is 0.0654. The van der Waals surface area contributed by atoms with E-state index in [2.05, 4.69) is 27.7 Å². The first-order chi connectivity index (χ1) is 16.2. The van der Waals surface area contributed by atoms with Crippen LogP contribution in [-0.4, -0.2) is 24.6 Å². The molecule has 0 nitrogen and oxygen atoms in total. The van der Waals surface area contributed by atoms with Gasteiger partial charge in [-0.2, -0.15) is 0 Å². The van der Waals surface area contributed by atoms with Crippen LogP contribution in [0.2, 0.25) is 0 Å². The zero-order chi connectivity index (χ0) is 24.3. The second kappa shape index (κ2) is 30.1. The van der Waals surface area contributed by atoms with E-state index in [-0.39, 0.29) is 17.0 Å². The molecular formula is C32H70BrP. The van der Waals surface area contributed by atoms with Gasteiger partial charge in [0.1, 0.15) is 0 Å². The molecule has 0 saturated heterocycles. The van der Waals surface area contributed by atoms with Gasteiger partial charge in [-0.15, -0.1) is 17.0 Å². The van der Waals surface area contributed by atoms with Crippen LogP contribution in [0.25, 0.3) is 0 Å². The summed E-state index contributed by atoms with van der Waals surface area (Å²) in [6.45, 7) is 9.42. The van der Waals surface area contributed by atoms with E-state index in [1.807, 2.05) is 0 Å². The fourth-order valence-corrected chi connectivity index (χ4v) is 11.4. The third kappa shape index (κ3) is 24.6. The Morgan fingerprint density at radius 1 is 0.265 bits per heavy atom. The van der Waals surface area contributed by atoms with E-state index >= 15 is 0 Å². The van der Waals surface area contributed by atoms with Crippen LogP contribution in [0.15, 0.2) is 0 Å². The monoisotopic (exact) mass is 564 g/mol. The average molecular weight is 566 g/mol. The average Bonchev–Trinajstić information content (AvgIpc) is 2.83. The molecule has 0 aliphatic carbocycles. The van der Waals surface area contributed by atoms with Gasteiger partial charge in [0, 0.05) is 0 Å². The van der Waals surface area contributed by atoms with Gasteiger partial charge < -0.3 is 0 Å². The maximum absolute atomic E-state index is 2.37. The summed E-state index contributed by atoms with van der Waals surface area (Å²) < 4.78 is 0. The normalized spacial score (nSPS) is 12.1. The molecule has 0 rings (SSSR count). The number of unbranched alkanes of at least 4 members (excludes halogenated alkanes) is 20. The number of hydrogen-bond donors (Lipinski definition) is 0. The van der Waals surface area contributed by atoms with Crippen LogP contribution in [0.4, 0.5) is 0 Å². The molecule has 0 bridgehead atoms. The first-order valence-electron chi connectivity index (χ1n) is 16.2. The molecule has 0 N–H and O–H groups in total. The molecule has 0 fully saturated rings. The van der Waals surface area contributed by atoms with Crippen molar-refractivity contribution in [3.05, 3.63) is 0 Å². The summed E-state index contributed by atoms with van der Waals surface area (Å²) in [5.74, 6) is 0. The van der Waals surface area contributed by atoms with Gasteiger partial charge in [0.15, 0.2) is 0 Å². The maximum atomic E-state index is 2.37. The van der Waals surface area contributed by atoms with Gasteiger partial charge in [0.25, 0.3) is 0 Å². The molecule has 0 radical (unpaired) electrons. The van der Waals surface area contributed by atoms with Crippen LogP contribution in [0, 0.1) is 0 Å². The Morgan fingerprint density at radius 3 is 0.676 bits per heavy atom. The molecule has 0 aromatic rings. The molecule has 0 heterocycles. The zero-order valence-corrected chi connectivity index (χ0v) is 27.4. The SMILES string of the molecule is Br.CCCCCCCCCCCCCC[PH](CCCCCC)(CCCCCC)CCCCCC. The summed E-state index contributed by atoms with van der Waals surface area (Å²) in [7, 11) is -1.04. The van der Waals surface area contributed by atoms with Crippen molar-refractivity contribution in [1.29, 1.82) is 0 Å². The Balaban J connectivity index is 0. The van der Waals surface area contributed by atoms with Crippen molar-refractivity contribution in [2.75, 3.05) is 24.6 Å². The molecule has 2 heteroatoms. The summed E-state index contributed by atoms with van der Waals surface area (Å²) in [6, 6.07) is 0. The second-order valence-corrected chi connectivity index (χ2v) is 16.6. The van der Waals surface area contributed by atoms with Crippen molar-refractivity contribution in [3.63, 3.8) is 0 Å². The zero-order valence-electron chi connectivity index (χ0n) is 24.7. The minimum atomic E-state index is -1.04. The van der Waals surface area contributed by atoms with Crippen molar-refractivity contribution in [2.24, 2.45) is 0 Å². The number of halogens is 1. The van der Waals surface area contributed by atoms with Gasteiger partial charge in [0.2, 0.25) is 0 Å². The Labute approximate surface area is 230 Å². The standard InChI is InChI=1S/C32H69P.BrH/c1-5-9-13-17-18-19-20-21-22-23-24-28-32-33(29-25-14-10-6-2,30-26-15-11-7-3)31-27-16-12-8-4;/h33H,5-32H2,1-4H3;1H. The minimum absolute atomic E-state index is 0. The fraction of sp³-hybridized carbons (Fsp3) is 1.00. The van der Waals surface area contributed by atoms with Crippen LogP contribution in [0.3, 0.4) is 0 Å². The Bertz CT molecular complexity index is 326. The summed E-state index contributed by atoms with van der Waals surface area (Å²) in [6.07, 6.45) is 42.3. The topological polar surface area (TPSA) is 0 Å². The van der Waals surface area contributed by atoms with E-state index in [1.54, 1.807) is 50.3 Å². The van der Waals surface area contributed by atoms with Crippen LogP contribution in [0.1, 0.15) is 182 Å². The van der Waals surface area contributed by atoms with E-state index in [0.29, 0.717) is 0 Å². The predicted octanol–water partition coefficient (Wildman–Crippen LogP) is 12.8.